The van der Waals surface area contributed by atoms with Gasteiger partial charge in [0, 0.05) is 10.0 Å². The smallest absolute Gasteiger partial charge is 0.318 e. The quantitative estimate of drug-likeness (QED) is 0.780. The van der Waals surface area contributed by atoms with Crippen molar-refractivity contribution in [3.05, 3.63) is 34.6 Å². The van der Waals surface area contributed by atoms with Crippen LogP contribution in [0, 0.1) is 0 Å². The number of hydrogen-bond acceptors (Lipinski definition) is 5. The zero-order valence-electron chi connectivity index (χ0n) is 11.3. The van der Waals surface area contributed by atoms with E-state index in [9.17, 15) is 4.79 Å². The standard InChI is InChI=1S/C14H15BrN2O3/c1-3-11(14(18)19-4-2)13-16-12(17-20-13)9-6-5-7-10(15)8-9/h5-8,11H,3-4H2,1-2H3. The number of hydrogen-bond donors (Lipinski definition) is 0. The first-order valence-corrected chi connectivity index (χ1v) is 7.21. The Kier molecular flexibility index (Phi) is 4.89. The molecule has 0 saturated heterocycles. The Morgan fingerprint density at radius 3 is 2.90 bits per heavy atom. The van der Waals surface area contributed by atoms with Gasteiger partial charge in [-0.05, 0) is 25.5 Å². The number of halogens is 1. The fraction of sp³-hybridized carbons (Fsp3) is 0.357. The third kappa shape index (κ3) is 3.25. The van der Waals surface area contributed by atoms with Crippen molar-refractivity contribution < 1.29 is 14.1 Å². The summed E-state index contributed by atoms with van der Waals surface area (Å²) in [6.45, 7) is 3.98. The van der Waals surface area contributed by atoms with Gasteiger partial charge in [0.1, 0.15) is 5.92 Å². The minimum absolute atomic E-state index is 0.293. The number of carbonyl (C=O) groups is 1. The molecular formula is C14H15BrN2O3. The van der Waals surface area contributed by atoms with Gasteiger partial charge in [0.05, 0.1) is 6.61 Å². The van der Waals surface area contributed by atoms with Crippen LogP contribution in [0.4, 0.5) is 0 Å². The Balaban J connectivity index is 2.25. The first-order chi connectivity index (χ1) is 9.65. The summed E-state index contributed by atoms with van der Waals surface area (Å²) < 4.78 is 11.1. The van der Waals surface area contributed by atoms with Crippen molar-refractivity contribution in [3.8, 4) is 11.4 Å². The number of benzene rings is 1. The van der Waals surface area contributed by atoms with Gasteiger partial charge in [-0.1, -0.05) is 40.1 Å². The molecule has 0 radical (unpaired) electrons. The van der Waals surface area contributed by atoms with Crippen LogP contribution in [0.25, 0.3) is 11.4 Å². The minimum Gasteiger partial charge on any atom is -0.465 e. The molecule has 20 heavy (non-hydrogen) atoms. The van der Waals surface area contributed by atoms with Crippen molar-refractivity contribution in [1.29, 1.82) is 0 Å². The summed E-state index contributed by atoms with van der Waals surface area (Å²) in [5.41, 5.74) is 0.827. The average molecular weight is 339 g/mol. The van der Waals surface area contributed by atoms with Gasteiger partial charge in [0.15, 0.2) is 0 Å². The third-order valence-electron chi connectivity index (χ3n) is 2.80. The van der Waals surface area contributed by atoms with Gasteiger partial charge in [-0.15, -0.1) is 0 Å². The Morgan fingerprint density at radius 1 is 1.45 bits per heavy atom. The molecule has 1 aromatic heterocycles. The van der Waals surface area contributed by atoms with Crippen LogP contribution in [0.2, 0.25) is 0 Å². The predicted molar refractivity (Wildman–Crippen MR) is 77.1 cm³/mol. The summed E-state index contributed by atoms with van der Waals surface area (Å²) in [5, 5.41) is 3.92. The van der Waals surface area contributed by atoms with Gasteiger partial charge in [0.25, 0.3) is 0 Å². The molecule has 0 fully saturated rings. The van der Waals surface area contributed by atoms with E-state index in [-0.39, 0.29) is 5.97 Å². The normalized spacial score (nSPS) is 12.2. The van der Waals surface area contributed by atoms with Crippen LogP contribution in [0.5, 0.6) is 0 Å². The zero-order valence-corrected chi connectivity index (χ0v) is 12.9. The molecular weight excluding hydrogens is 324 g/mol. The van der Waals surface area contributed by atoms with Crippen LogP contribution < -0.4 is 0 Å². The number of esters is 1. The highest BCUT2D eigenvalue weighted by Crippen LogP contribution is 2.24. The lowest BCUT2D eigenvalue weighted by Crippen LogP contribution is -2.15. The maximum absolute atomic E-state index is 11.8. The monoisotopic (exact) mass is 338 g/mol. The van der Waals surface area contributed by atoms with E-state index in [0.717, 1.165) is 10.0 Å². The van der Waals surface area contributed by atoms with Crippen LogP contribution in [-0.2, 0) is 9.53 Å². The summed E-state index contributed by atoms with van der Waals surface area (Å²) >= 11 is 3.39. The molecule has 2 aromatic rings. The number of aromatic nitrogens is 2. The molecule has 0 aliphatic carbocycles. The molecule has 106 valence electrons. The van der Waals surface area contributed by atoms with Crippen LogP contribution in [0.1, 0.15) is 32.1 Å². The molecule has 0 bridgehead atoms. The lowest BCUT2D eigenvalue weighted by Gasteiger charge is -2.08. The minimum atomic E-state index is -0.511. The van der Waals surface area contributed by atoms with Gasteiger partial charge in [-0.2, -0.15) is 4.98 Å². The van der Waals surface area contributed by atoms with E-state index in [1.54, 1.807) is 6.92 Å². The van der Waals surface area contributed by atoms with E-state index in [0.29, 0.717) is 24.7 Å². The van der Waals surface area contributed by atoms with Crippen LogP contribution in [0.3, 0.4) is 0 Å². The van der Waals surface area contributed by atoms with E-state index in [4.69, 9.17) is 9.26 Å². The fourth-order valence-corrected chi connectivity index (χ4v) is 2.21. The van der Waals surface area contributed by atoms with Gasteiger partial charge >= 0.3 is 5.97 Å². The SMILES string of the molecule is CCOC(=O)C(CC)c1nc(-c2cccc(Br)c2)no1. The van der Waals surface area contributed by atoms with Gasteiger partial charge in [0.2, 0.25) is 11.7 Å². The topological polar surface area (TPSA) is 65.2 Å². The van der Waals surface area contributed by atoms with Crippen LogP contribution >= 0.6 is 15.9 Å². The molecule has 0 amide bonds. The van der Waals surface area contributed by atoms with Gasteiger partial charge in [-0.3, -0.25) is 4.79 Å². The Labute approximate surface area is 125 Å². The van der Waals surface area contributed by atoms with Gasteiger partial charge < -0.3 is 9.26 Å². The predicted octanol–water partition coefficient (Wildman–Crippen LogP) is 3.56. The Morgan fingerprint density at radius 2 is 2.25 bits per heavy atom. The number of carbonyl (C=O) groups excluding carboxylic acids is 1. The average Bonchev–Trinajstić information content (AvgIpc) is 2.89. The largest absolute Gasteiger partial charge is 0.465 e. The summed E-state index contributed by atoms with van der Waals surface area (Å²) in [7, 11) is 0. The molecule has 2 rings (SSSR count). The number of nitrogens with zero attached hydrogens (tertiary/aromatic N) is 2. The second kappa shape index (κ2) is 6.65. The van der Waals surface area contributed by atoms with Crippen LogP contribution in [0.15, 0.2) is 33.3 Å². The molecule has 6 heteroatoms. The first-order valence-electron chi connectivity index (χ1n) is 6.41. The highest BCUT2D eigenvalue weighted by molar-refractivity contribution is 9.10. The highest BCUT2D eigenvalue weighted by Gasteiger charge is 2.26. The van der Waals surface area contributed by atoms with Crippen molar-refractivity contribution in [2.45, 2.75) is 26.2 Å². The molecule has 0 saturated carbocycles. The highest BCUT2D eigenvalue weighted by atomic mass is 79.9. The zero-order chi connectivity index (χ0) is 14.5. The van der Waals surface area contributed by atoms with Gasteiger partial charge in [-0.25, -0.2) is 0 Å². The summed E-state index contributed by atoms with van der Waals surface area (Å²) in [6, 6.07) is 7.57. The third-order valence-corrected chi connectivity index (χ3v) is 3.30. The maximum atomic E-state index is 11.8. The van der Waals surface area contributed by atoms with Crippen molar-refractivity contribution in [3.63, 3.8) is 0 Å². The van der Waals surface area contributed by atoms with Crippen molar-refractivity contribution in [2.75, 3.05) is 6.61 Å². The lowest BCUT2D eigenvalue weighted by atomic mass is 10.1. The summed E-state index contributed by atoms with van der Waals surface area (Å²) in [6.07, 6.45) is 0.555. The fourth-order valence-electron chi connectivity index (χ4n) is 1.81. The molecule has 0 aliphatic heterocycles. The Hall–Kier alpha value is -1.69. The molecule has 0 aliphatic rings. The van der Waals surface area contributed by atoms with E-state index in [1.807, 2.05) is 31.2 Å². The molecule has 1 aromatic carbocycles. The summed E-state index contributed by atoms with van der Waals surface area (Å²) in [5.74, 6) is -0.0900. The van der Waals surface area contributed by atoms with E-state index in [2.05, 4.69) is 26.1 Å². The maximum Gasteiger partial charge on any atom is 0.318 e. The first kappa shape index (κ1) is 14.7. The number of rotatable bonds is 5. The van der Waals surface area contributed by atoms with E-state index in [1.165, 1.54) is 0 Å². The summed E-state index contributed by atoms with van der Waals surface area (Å²) in [4.78, 5) is 16.1. The molecule has 1 heterocycles. The molecule has 5 nitrogen and oxygen atoms in total. The second-order valence-corrected chi connectivity index (χ2v) is 5.10. The molecule has 1 unspecified atom stereocenters. The van der Waals surface area contributed by atoms with Crippen LogP contribution in [-0.4, -0.2) is 22.7 Å². The second-order valence-electron chi connectivity index (χ2n) is 4.18. The van der Waals surface area contributed by atoms with Crippen molar-refractivity contribution in [1.82, 2.24) is 10.1 Å². The lowest BCUT2D eigenvalue weighted by molar-refractivity contribution is -0.145. The molecule has 1 atom stereocenters. The number of ether oxygens (including phenoxy) is 1. The van der Waals surface area contributed by atoms with Crippen molar-refractivity contribution >= 4 is 21.9 Å². The molecule has 0 spiro atoms. The van der Waals surface area contributed by atoms with Crippen molar-refractivity contribution in [2.24, 2.45) is 0 Å². The van der Waals surface area contributed by atoms with E-state index >= 15 is 0 Å². The molecule has 0 N–H and O–H groups in total. The van der Waals surface area contributed by atoms with E-state index < -0.39 is 5.92 Å². The Bertz CT molecular complexity index is 598.